The fraction of sp³-hybridized carbons (Fsp3) is 0.500. The Morgan fingerprint density at radius 2 is 1.94 bits per heavy atom. The molecule has 0 aliphatic carbocycles. The van der Waals surface area contributed by atoms with E-state index in [9.17, 15) is 8.42 Å². The van der Waals surface area contributed by atoms with Crippen LogP contribution in [0.4, 0.5) is 0 Å². The van der Waals surface area contributed by atoms with Crippen LogP contribution in [-0.4, -0.2) is 40.5 Å². The lowest BCUT2D eigenvalue weighted by Crippen LogP contribution is -2.52. The highest BCUT2D eigenvalue weighted by molar-refractivity contribution is 7.93. The summed E-state index contributed by atoms with van der Waals surface area (Å²) in [6.45, 7) is 1.04. The first-order valence-corrected chi connectivity index (χ1v) is 7.62. The quantitative estimate of drug-likeness (QED) is 0.847. The maximum atomic E-state index is 11.8. The Morgan fingerprint density at radius 1 is 1.22 bits per heavy atom. The normalized spacial score (nSPS) is 28.5. The summed E-state index contributed by atoms with van der Waals surface area (Å²) in [5.41, 5.74) is 0.768. The van der Waals surface area contributed by atoms with Crippen molar-refractivity contribution >= 4 is 9.84 Å². The SMILES string of the molecule is CNC1CS(=O)(=O)C1c1ccc2c(c1)OCCO2. The minimum atomic E-state index is -3.02. The average Bonchev–Trinajstić information content (AvgIpc) is 2.36. The van der Waals surface area contributed by atoms with Crippen LogP contribution in [0.3, 0.4) is 0 Å². The Kier molecular flexibility index (Phi) is 2.71. The molecule has 2 aliphatic heterocycles. The summed E-state index contributed by atoms with van der Waals surface area (Å²) < 4.78 is 34.6. The third-order valence-corrected chi connectivity index (χ3v) is 5.63. The van der Waals surface area contributed by atoms with E-state index < -0.39 is 15.1 Å². The van der Waals surface area contributed by atoms with Crippen LogP contribution in [0.25, 0.3) is 0 Å². The predicted molar refractivity (Wildman–Crippen MR) is 66.8 cm³/mol. The first-order valence-electron chi connectivity index (χ1n) is 5.90. The van der Waals surface area contributed by atoms with Crippen molar-refractivity contribution in [2.45, 2.75) is 11.3 Å². The molecular weight excluding hydrogens is 254 g/mol. The molecule has 98 valence electrons. The van der Waals surface area contributed by atoms with E-state index in [1.807, 2.05) is 0 Å². The molecule has 0 bridgehead atoms. The van der Waals surface area contributed by atoms with E-state index in [0.717, 1.165) is 5.56 Å². The van der Waals surface area contributed by atoms with Gasteiger partial charge in [0.05, 0.1) is 5.75 Å². The molecule has 0 saturated carbocycles. The maximum absolute atomic E-state index is 11.8. The number of likely N-dealkylation sites (N-methyl/N-ethyl adjacent to an activating group) is 1. The molecular formula is C12H15NO4S. The zero-order valence-electron chi connectivity index (χ0n) is 10.0. The van der Waals surface area contributed by atoms with Crippen molar-refractivity contribution in [2.24, 2.45) is 0 Å². The number of hydrogen-bond donors (Lipinski definition) is 1. The number of rotatable bonds is 2. The number of fused-ring (bicyclic) bond motifs is 1. The van der Waals surface area contributed by atoms with E-state index in [-0.39, 0.29) is 11.8 Å². The van der Waals surface area contributed by atoms with Crippen LogP contribution >= 0.6 is 0 Å². The zero-order chi connectivity index (χ0) is 12.8. The highest BCUT2D eigenvalue weighted by atomic mass is 32.2. The van der Waals surface area contributed by atoms with E-state index >= 15 is 0 Å². The number of nitrogens with one attached hydrogen (secondary N) is 1. The van der Waals surface area contributed by atoms with Crippen molar-refractivity contribution < 1.29 is 17.9 Å². The summed E-state index contributed by atoms with van der Waals surface area (Å²) in [5.74, 6) is 1.52. The first-order chi connectivity index (χ1) is 8.62. The van der Waals surface area contributed by atoms with Gasteiger partial charge in [-0.2, -0.15) is 0 Å². The van der Waals surface area contributed by atoms with Gasteiger partial charge in [-0.25, -0.2) is 8.42 Å². The van der Waals surface area contributed by atoms with Crippen LogP contribution in [0.5, 0.6) is 11.5 Å². The van der Waals surface area contributed by atoms with Crippen LogP contribution in [0.15, 0.2) is 18.2 Å². The summed E-state index contributed by atoms with van der Waals surface area (Å²) in [4.78, 5) is 0. The van der Waals surface area contributed by atoms with Crippen molar-refractivity contribution in [3.05, 3.63) is 23.8 Å². The largest absolute Gasteiger partial charge is 0.486 e. The van der Waals surface area contributed by atoms with Crippen LogP contribution in [0.1, 0.15) is 10.8 Å². The number of sulfone groups is 1. The van der Waals surface area contributed by atoms with Gasteiger partial charge in [0, 0.05) is 6.04 Å². The van der Waals surface area contributed by atoms with Crippen LogP contribution < -0.4 is 14.8 Å². The lowest BCUT2D eigenvalue weighted by atomic mass is 10.0. The van der Waals surface area contributed by atoms with Gasteiger partial charge >= 0.3 is 0 Å². The molecule has 2 heterocycles. The fourth-order valence-electron chi connectivity index (χ4n) is 2.48. The van der Waals surface area contributed by atoms with Crippen LogP contribution in [0.2, 0.25) is 0 Å². The molecule has 0 radical (unpaired) electrons. The number of hydrogen-bond acceptors (Lipinski definition) is 5. The molecule has 0 aromatic heterocycles. The van der Waals surface area contributed by atoms with Crippen LogP contribution in [-0.2, 0) is 9.84 Å². The Labute approximate surface area is 106 Å². The van der Waals surface area contributed by atoms with Gasteiger partial charge < -0.3 is 14.8 Å². The lowest BCUT2D eigenvalue weighted by Gasteiger charge is -2.36. The van der Waals surface area contributed by atoms with E-state index in [4.69, 9.17) is 9.47 Å². The zero-order valence-corrected chi connectivity index (χ0v) is 10.9. The van der Waals surface area contributed by atoms with Crippen LogP contribution in [0, 0.1) is 0 Å². The monoisotopic (exact) mass is 269 g/mol. The maximum Gasteiger partial charge on any atom is 0.161 e. The van der Waals surface area contributed by atoms with E-state index in [1.165, 1.54) is 0 Å². The molecule has 1 N–H and O–H groups in total. The van der Waals surface area contributed by atoms with E-state index in [0.29, 0.717) is 24.7 Å². The van der Waals surface area contributed by atoms with Gasteiger partial charge in [0.1, 0.15) is 18.5 Å². The molecule has 3 rings (SSSR count). The van der Waals surface area contributed by atoms with E-state index in [1.54, 1.807) is 25.2 Å². The topological polar surface area (TPSA) is 64.6 Å². The third-order valence-electron chi connectivity index (χ3n) is 3.43. The molecule has 1 aromatic rings. The summed E-state index contributed by atoms with van der Waals surface area (Å²) in [7, 11) is -1.24. The molecule has 2 unspecified atom stereocenters. The Hall–Kier alpha value is -1.27. The molecule has 1 saturated heterocycles. The first kappa shape index (κ1) is 11.8. The second-order valence-corrected chi connectivity index (χ2v) is 6.72. The molecule has 0 spiro atoms. The summed E-state index contributed by atoms with van der Waals surface area (Å²) in [5, 5.41) is 2.56. The van der Waals surface area contributed by atoms with Gasteiger partial charge in [0.25, 0.3) is 0 Å². The standard InChI is InChI=1S/C12H15NO4S/c1-13-9-7-18(14,15)12(9)8-2-3-10-11(6-8)17-5-4-16-10/h2-3,6,9,12-13H,4-5,7H2,1H3. The van der Waals surface area contributed by atoms with E-state index in [2.05, 4.69) is 5.32 Å². The van der Waals surface area contributed by atoms with Crippen molar-refractivity contribution in [3.8, 4) is 11.5 Å². The molecule has 2 atom stereocenters. The molecule has 1 aromatic carbocycles. The molecule has 1 fully saturated rings. The summed E-state index contributed by atoms with van der Waals surface area (Å²) in [6, 6.07) is 5.35. The summed E-state index contributed by atoms with van der Waals surface area (Å²) >= 11 is 0. The van der Waals surface area contributed by atoms with Crippen molar-refractivity contribution in [3.63, 3.8) is 0 Å². The second kappa shape index (κ2) is 4.13. The van der Waals surface area contributed by atoms with Gasteiger partial charge in [-0.3, -0.25) is 0 Å². The Bertz CT molecular complexity index is 569. The summed E-state index contributed by atoms with van der Waals surface area (Å²) in [6.07, 6.45) is 0. The van der Waals surface area contributed by atoms with Gasteiger partial charge in [0.15, 0.2) is 21.3 Å². The molecule has 5 nitrogen and oxygen atoms in total. The predicted octanol–water partition coefficient (Wildman–Crippen LogP) is 0.515. The average molecular weight is 269 g/mol. The molecule has 6 heteroatoms. The molecule has 0 amide bonds. The number of benzene rings is 1. The number of ether oxygens (including phenoxy) is 2. The Balaban J connectivity index is 1.97. The minimum absolute atomic E-state index is 0.0161. The molecule has 2 aliphatic rings. The van der Waals surface area contributed by atoms with Gasteiger partial charge in [-0.15, -0.1) is 0 Å². The van der Waals surface area contributed by atoms with Crippen molar-refractivity contribution in [2.75, 3.05) is 26.0 Å². The fourth-order valence-corrected chi connectivity index (χ4v) is 4.48. The third kappa shape index (κ3) is 1.76. The van der Waals surface area contributed by atoms with Crippen molar-refractivity contribution in [1.82, 2.24) is 5.32 Å². The smallest absolute Gasteiger partial charge is 0.161 e. The van der Waals surface area contributed by atoms with Gasteiger partial charge in [-0.05, 0) is 24.7 Å². The lowest BCUT2D eigenvalue weighted by molar-refractivity contribution is 0.171. The van der Waals surface area contributed by atoms with Gasteiger partial charge in [-0.1, -0.05) is 6.07 Å². The van der Waals surface area contributed by atoms with Gasteiger partial charge in [0.2, 0.25) is 0 Å². The van der Waals surface area contributed by atoms with Crippen molar-refractivity contribution in [1.29, 1.82) is 0 Å². The highest BCUT2D eigenvalue weighted by Crippen LogP contribution is 2.40. The molecule has 18 heavy (non-hydrogen) atoms. The minimum Gasteiger partial charge on any atom is -0.486 e. The Morgan fingerprint density at radius 3 is 2.61 bits per heavy atom. The second-order valence-electron chi connectivity index (χ2n) is 4.55. The highest BCUT2D eigenvalue weighted by Gasteiger charge is 2.46.